The van der Waals surface area contributed by atoms with Gasteiger partial charge in [-0.2, -0.15) is 0 Å². The van der Waals surface area contributed by atoms with Crippen LogP contribution in [-0.2, 0) is 0 Å². The number of rotatable bonds is 0. The highest BCUT2D eigenvalue weighted by molar-refractivity contribution is 5.52. The maximum absolute atomic E-state index is 2.31. The maximum Gasteiger partial charge on any atom is -0.00693 e. The first kappa shape index (κ1) is 7.60. The molecule has 62 valence electrons. The summed E-state index contributed by atoms with van der Waals surface area (Å²) >= 11 is 0. The predicted molar refractivity (Wildman–Crippen MR) is 52.8 cm³/mol. The van der Waals surface area contributed by atoms with E-state index in [1.165, 1.54) is 11.1 Å². The zero-order valence-electron chi connectivity index (χ0n) is 7.62. The van der Waals surface area contributed by atoms with Crippen LogP contribution in [0.2, 0.25) is 0 Å². The van der Waals surface area contributed by atoms with Crippen LogP contribution in [0.4, 0.5) is 0 Å². The summed E-state index contributed by atoms with van der Waals surface area (Å²) in [6, 6.07) is 0. The molecule has 0 saturated heterocycles. The zero-order valence-corrected chi connectivity index (χ0v) is 7.62. The normalized spacial score (nSPS) is 32.5. The summed E-state index contributed by atoms with van der Waals surface area (Å²) in [6.07, 6.45) is 13.6. The van der Waals surface area contributed by atoms with Gasteiger partial charge in [-0.15, -0.1) is 0 Å². The third-order valence-electron chi connectivity index (χ3n) is 2.38. The average molecular weight is 158 g/mol. The zero-order chi connectivity index (χ0) is 8.55. The minimum absolute atomic E-state index is 0.593. The second kappa shape index (κ2) is 2.78. The topological polar surface area (TPSA) is 0 Å². The minimum Gasteiger partial charge on any atom is -0.0773 e. The van der Waals surface area contributed by atoms with Crippen molar-refractivity contribution in [3.8, 4) is 0 Å². The number of hydrogen-bond acceptors (Lipinski definition) is 0. The summed E-state index contributed by atoms with van der Waals surface area (Å²) < 4.78 is 0. The lowest BCUT2D eigenvalue weighted by molar-refractivity contribution is 0.886. The van der Waals surface area contributed by atoms with Gasteiger partial charge in [0.1, 0.15) is 0 Å². The average Bonchev–Trinajstić information content (AvgIpc) is 2.05. The fourth-order valence-electron chi connectivity index (χ4n) is 1.68. The van der Waals surface area contributed by atoms with E-state index in [4.69, 9.17) is 0 Å². The molecule has 2 atom stereocenters. The van der Waals surface area contributed by atoms with Gasteiger partial charge in [0.2, 0.25) is 0 Å². The van der Waals surface area contributed by atoms with Gasteiger partial charge in [0.15, 0.2) is 0 Å². The summed E-state index contributed by atoms with van der Waals surface area (Å²) in [5.41, 5.74) is 2.78. The predicted octanol–water partition coefficient (Wildman–Crippen LogP) is 3.25. The molecule has 0 amide bonds. The van der Waals surface area contributed by atoms with Gasteiger partial charge in [-0.05, 0) is 23.0 Å². The van der Waals surface area contributed by atoms with Crippen molar-refractivity contribution in [2.45, 2.75) is 13.8 Å². The Morgan fingerprint density at radius 2 is 1.25 bits per heavy atom. The molecule has 0 aromatic rings. The highest BCUT2D eigenvalue weighted by Crippen LogP contribution is 2.27. The molecule has 0 aromatic carbocycles. The Kier molecular flexibility index (Phi) is 1.76. The highest BCUT2D eigenvalue weighted by Gasteiger charge is 2.10. The number of allylic oxidation sites excluding steroid dienone is 8. The quantitative estimate of drug-likeness (QED) is 0.507. The lowest BCUT2D eigenvalue weighted by Gasteiger charge is -2.18. The summed E-state index contributed by atoms with van der Waals surface area (Å²) in [7, 11) is 0. The molecule has 2 aliphatic rings. The Morgan fingerprint density at radius 3 is 1.67 bits per heavy atom. The van der Waals surface area contributed by atoms with Crippen LogP contribution in [-0.4, -0.2) is 0 Å². The first-order valence-electron chi connectivity index (χ1n) is 4.56. The smallest absolute Gasteiger partial charge is 0.00693 e. The maximum atomic E-state index is 2.31. The Labute approximate surface area is 74.0 Å². The third-order valence-corrected chi connectivity index (χ3v) is 2.38. The van der Waals surface area contributed by atoms with E-state index in [1.807, 2.05) is 0 Å². The van der Waals surface area contributed by atoms with E-state index in [-0.39, 0.29) is 0 Å². The van der Waals surface area contributed by atoms with Crippen molar-refractivity contribution in [3.63, 3.8) is 0 Å². The molecule has 2 rings (SSSR count). The largest absolute Gasteiger partial charge is 0.0773 e. The second-order valence-electron chi connectivity index (χ2n) is 3.68. The lowest BCUT2D eigenvalue weighted by Crippen LogP contribution is -2.01. The van der Waals surface area contributed by atoms with Crippen LogP contribution >= 0.6 is 0 Å². The van der Waals surface area contributed by atoms with Crippen LogP contribution < -0.4 is 0 Å². The van der Waals surface area contributed by atoms with Gasteiger partial charge >= 0.3 is 0 Å². The molecule has 0 radical (unpaired) electrons. The van der Waals surface area contributed by atoms with Crippen molar-refractivity contribution < 1.29 is 0 Å². The van der Waals surface area contributed by atoms with Gasteiger partial charge in [-0.25, -0.2) is 0 Å². The molecule has 0 heterocycles. The molecule has 2 aliphatic carbocycles. The van der Waals surface area contributed by atoms with Gasteiger partial charge < -0.3 is 0 Å². The van der Waals surface area contributed by atoms with E-state index in [2.05, 4.69) is 50.3 Å². The van der Waals surface area contributed by atoms with Crippen molar-refractivity contribution in [1.29, 1.82) is 0 Å². The molecule has 0 spiro atoms. The second-order valence-corrected chi connectivity index (χ2v) is 3.68. The molecule has 12 heavy (non-hydrogen) atoms. The van der Waals surface area contributed by atoms with Crippen LogP contribution in [0.25, 0.3) is 0 Å². The molecule has 0 aliphatic heterocycles. The fourth-order valence-corrected chi connectivity index (χ4v) is 1.68. The first-order valence-corrected chi connectivity index (χ1v) is 4.56. The van der Waals surface area contributed by atoms with Crippen molar-refractivity contribution in [1.82, 2.24) is 0 Å². The molecular weight excluding hydrogens is 144 g/mol. The molecule has 0 bridgehead atoms. The Morgan fingerprint density at radius 1 is 0.833 bits per heavy atom. The van der Waals surface area contributed by atoms with Crippen LogP contribution in [0, 0.1) is 11.8 Å². The summed E-state index contributed by atoms with van der Waals surface area (Å²) in [6.45, 7) is 4.43. The van der Waals surface area contributed by atoms with Crippen molar-refractivity contribution in [2.24, 2.45) is 11.8 Å². The molecular formula is C12H14. The summed E-state index contributed by atoms with van der Waals surface area (Å²) in [5.74, 6) is 1.19. The SMILES string of the molecule is CC1C=CC2=CC(C)C=CC2=C1. The van der Waals surface area contributed by atoms with E-state index in [0.717, 1.165) is 0 Å². The lowest BCUT2D eigenvalue weighted by atomic mass is 9.88. The molecule has 0 aromatic heterocycles. The van der Waals surface area contributed by atoms with Crippen molar-refractivity contribution >= 4 is 0 Å². The Balaban J connectivity index is 2.35. The fraction of sp³-hybridized carbons (Fsp3) is 0.333. The molecule has 2 unspecified atom stereocenters. The standard InChI is InChI=1S/C12H14/c1-9-3-5-12-8-10(2)4-6-11(12)7-9/h3-10H,1-2H3. The van der Waals surface area contributed by atoms with Crippen LogP contribution in [0.1, 0.15) is 13.8 Å². The minimum atomic E-state index is 0.593. The van der Waals surface area contributed by atoms with Gasteiger partial charge in [0.25, 0.3) is 0 Å². The number of hydrogen-bond donors (Lipinski definition) is 0. The van der Waals surface area contributed by atoms with E-state index < -0.39 is 0 Å². The van der Waals surface area contributed by atoms with Gasteiger partial charge in [0, 0.05) is 0 Å². The molecule has 0 nitrogen and oxygen atoms in total. The van der Waals surface area contributed by atoms with Crippen molar-refractivity contribution in [3.05, 3.63) is 47.6 Å². The van der Waals surface area contributed by atoms with E-state index in [9.17, 15) is 0 Å². The molecule has 0 fully saturated rings. The van der Waals surface area contributed by atoms with Crippen LogP contribution in [0.15, 0.2) is 47.6 Å². The van der Waals surface area contributed by atoms with Gasteiger partial charge in [0.05, 0.1) is 0 Å². The van der Waals surface area contributed by atoms with Crippen LogP contribution in [0.5, 0.6) is 0 Å². The summed E-state index contributed by atoms with van der Waals surface area (Å²) in [5, 5.41) is 0. The van der Waals surface area contributed by atoms with E-state index >= 15 is 0 Å². The molecule has 0 saturated carbocycles. The van der Waals surface area contributed by atoms with E-state index in [0.29, 0.717) is 11.8 Å². The third kappa shape index (κ3) is 1.29. The monoisotopic (exact) mass is 158 g/mol. The highest BCUT2D eigenvalue weighted by atomic mass is 14.2. The Bertz CT molecular complexity index is 268. The number of fused-ring (bicyclic) bond motifs is 1. The van der Waals surface area contributed by atoms with Crippen LogP contribution in [0.3, 0.4) is 0 Å². The molecule has 0 heteroatoms. The van der Waals surface area contributed by atoms with Gasteiger partial charge in [-0.1, -0.05) is 50.3 Å². The van der Waals surface area contributed by atoms with Gasteiger partial charge in [-0.3, -0.25) is 0 Å². The first-order chi connectivity index (χ1) is 5.75. The van der Waals surface area contributed by atoms with E-state index in [1.54, 1.807) is 0 Å². The van der Waals surface area contributed by atoms with Crippen molar-refractivity contribution in [2.75, 3.05) is 0 Å². The Hall–Kier alpha value is -1.04. The molecule has 0 N–H and O–H groups in total. The summed E-state index contributed by atoms with van der Waals surface area (Å²) in [4.78, 5) is 0.